The van der Waals surface area contributed by atoms with Gasteiger partial charge in [0.2, 0.25) is 10.0 Å². The molecule has 1 aliphatic rings. The van der Waals surface area contributed by atoms with Crippen molar-refractivity contribution in [3.63, 3.8) is 0 Å². The van der Waals surface area contributed by atoms with Crippen molar-refractivity contribution in [2.24, 2.45) is 0 Å². The number of hydrogen-bond acceptors (Lipinski definition) is 7. The second-order valence-corrected chi connectivity index (χ2v) is 10.6. The van der Waals surface area contributed by atoms with E-state index in [1.54, 1.807) is 30.7 Å². The van der Waals surface area contributed by atoms with Gasteiger partial charge in [0.25, 0.3) is 0 Å². The molecule has 0 aliphatic carbocycles. The number of nitrogens with one attached hydrogen (secondary N) is 1. The van der Waals surface area contributed by atoms with Gasteiger partial charge in [-0.25, -0.2) is 18.1 Å². The number of nitrogens with zero attached hydrogens (tertiary/aromatic N) is 6. The molecule has 1 aromatic carbocycles. The fraction of sp³-hybridized carbons (Fsp3) is 0.381. The first kappa shape index (κ1) is 22.5. The topological polar surface area (TPSA) is 96.2 Å². The summed E-state index contributed by atoms with van der Waals surface area (Å²) in [4.78, 5) is 8.85. The fourth-order valence-corrected chi connectivity index (χ4v) is 4.26. The molecule has 0 atom stereocenters. The van der Waals surface area contributed by atoms with Crippen molar-refractivity contribution in [2.75, 3.05) is 35.8 Å². The maximum absolute atomic E-state index is 12.2. The number of para-hydroxylation sites is 1. The Morgan fingerprint density at radius 3 is 2.47 bits per heavy atom. The van der Waals surface area contributed by atoms with Gasteiger partial charge in [0.15, 0.2) is 0 Å². The van der Waals surface area contributed by atoms with Gasteiger partial charge in [-0.3, -0.25) is 9.62 Å². The minimum absolute atomic E-state index is 0.276. The van der Waals surface area contributed by atoms with Gasteiger partial charge >= 0.3 is 0 Å². The van der Waals surface area contributed by atoms with Crippen LogP contribution in [0.15, 0.2) is 48.7 Å². The molecular formula is C21H26ClN7O2S. The van der Waals surface area contributed by atoms with E-state index in [1.807, 2.05) is 36.5 Å². The zero-order valence-electron chi connectivity index (χ0n) is 18.0. The third kappa shape index (κ3) is 5.20. The van der Waals surface area contributed by atoms with E-state index in [0.29, 0.717) is 17.4 Å². The SMILES string of the molecule is CC(C)S(=O)(=O)Nc1ccc(Cl)c(N2CCN(Cc3cn(-c4ccccc4)nn3)CC2)n1. The lowest BCUT2D eigenvalue weighted by Gasteiger charge is -2.35. The molecular weight excluding hydrogens is 450 g/mol. The van der Waals surface area contributed by atoms with Gasteiger partial charge in [-0.05, 0) is 38.1 Å². The van der Waals surface area contributed by atoms with Crippen LogP contribution in [0.3, 0.4) is 0 Å². The van der Waals surface area contributed by atoms with Crippen LogP contribution in [0, 0.1) is 0 Å². The predicted molar refractivity (Wildman–Crippen MR) is 126 cm³/mol. The summed E-state index contributed by atoms with van der Waals surface area (Å²) in [6.07, 6.45) is 1.95. The zero-order valence-corrected chi connectivity index (χ0v) is 19.6. The lowest BCUT2D eigenvalue weighted by Crippen LogP contribution is -2.46. The Morgan fingerprint density at radius 1 is 1.06 bits per heavy atom. The summed E-state index contributed by atoms with van der Waals surface area (Å²) in [7, 11) is -3.47. The Labute approximate surface area is 193 Å². The van der Waals surface area contributed by atoms with E-state index >= 15 is 0 Å². The molecule has 0 saturated carbocycles. The number of halogens is 1. The molecule has 3 aromatic rings. The first-order valence-corrected chi connectivity index (χ1v) is 12.4. The summed E-state index contributed by atoms with van der Waals surface area (Å²) >= 11 is 6.37. The maximum Gasteiger partial charge on any atom is 0.236 e. The largest absolute Gasteiger partial charge is 0.353 e. The molecule has 1 saturated heterocycles. The Hall–Kier alpha value is -2.69. The van der Waals surface area contributed by atoms with Crippen LogP contribution < -0.4 is 9.62 Å². The number of benzene rings is 1. The number of piperazine rings is 1. The second-order valence-electron chi connectivity index (χ2n) is 7.95. The minimum Gasteiger partial charge on any atom is -0.353 e. The van der Waals surface area contributed by atoms with Gasteiger partial charge in [-0.15, -0.1) is 5.10 Å². The van der Waals surface area contributed by atoms with E-state index in [-0.39, 0.29) is 5.82 Å². The number of pyridine rings is 1. The minimum atomic E-state index is -3.47. The average molecular weight is 476 g/mol. The van der Waals surface area contributed by atoms with E-state index in [9.17, 15) is 8.42 Å². The highest BCUT2D eigenvalue weighted by Crippen LogP contribution is 2.27. The Kier molecular flexibility index (Phi) is 6.63. The first-order valence-electron chi connectivity index (χ1n) is 10.4. The molecule has 1 fully saturated rings. The Bertz CT molecular complexity index is 1160. The van der Waals surface area contributed by atoms with Crippen molar-refractivity contribution in [3.05, 3.63) is 59.4 Å². The van der Waals surface area contributed by atoms with E-state index in [2.05, 4.69) is 29.8 Å². The summed E-state index contributed by atoms with van der Waals surface area (Å²) in [6, 6.07) is 13.1. The highest BCUT2D eigenvalue weighted by atomic mass is 35.5. The molecule has 9 nitrogen and oxygen atoms in total. The van der Waals surface area contributed by atoms with Crippen LogP contribution in [0.2, 0.25) is 5.02 Å². The van der Waals surface area contributed by atoms with Crippen LogP contribution in [-0.2, 0) is 16.6 Å². The van der Waals surface area contributed by atoms with Gasteiger partial charge in [-0.2, -0.15) is 0 Å². The van der Waals surface area contributed by atoms with Crippen LogP contribution in [0.5, 0.6) is 0 Å². The number of anilines is 2. The fourth-order valence-electron chi connectivity index (χ4n) is 3.40. The molecule has 2 aromatic heterocycles. The summed E-state index contributed by atoms with van der Waals surface area (Å²) in [5.41, 5.74) is 1.88. The van der Waals surface area contributed by atoms with Crippen LogP contribution in [0.4, 0.5) is 11.6 Å². The molecule has 1 aliphatic heterocycles. The van der Waals surface area contributed by atoms with E-state index in [1.165, 1.54) is 0 Å². The lowest BCUT2D eigenvalue weighted by atomic mass is 10.3. The van der Waals surface area contributed by atoms with Crippen LogP contribution in [0.25, 0.3) is 5.69 Å². The third-order valence-electron chi connectivity index (χ3n) is 5.31. The lowest BCUT2D eigenvalue weighted by molar-refractivity contribution is 0.246. The van der Waals surface area contributed by atoms with Gasteiger partial charge in [0.05, 0.1) is 27.9 Å². The molecule has 11 heteroatoms. The highest BCUT2D eigenvalue weighted by molar-refractivity contribution is 7.93. The maximum atomic E-state index is 12.2. The number of sulfonamides is 1. The number of hydrogen-bond donors (Lipinski definition) is 1. The summed E-state index contributed by atoms with van der Waals surface area (Å²) in [6.45, 7) is 7.00. The van der Waals surface area contributed by atoms with E-state index in [4.69, 9.17) is 11.6 Å². The molecule has 0 unspecified atom stereocenters. The van der Waals surface area contributed by atoms with E-state index in [0.717, 1.165) is 37.6 Å². The van der Waals surface area contributed by atoms with Crippen molar-refractivity contribution in [1.82, 2.24) is 24.9 Å². The number of rotatable bonds is 7. The second kappa shape index (κ2) is 9.43. The summed E-state index contributed by atoms with van der Waals surface area (Å²) in [5, 5.41) is 8.47. The summed E-state index contributed by atoms with van der Waals surface area (Å²) < 4.78 is 28.6. The van der Waals surface area contributed by atoms with Crippen molar-refractivity contribution >= 4 is 33.3 Å². The van der Waals surface area contributed by atoms with Crippen LogP contribution >= 0.6 is 11.6 Å². The van der Waals surface area contributed by atoms with Crippen LogP contribution in [-0.4, -0.2) is 64.7 Å². The quantitative estimate of drug-likeness (QED) is 0.561. The molecule has 170 valence electrons. The van der Waals surface area contributed by atoms with Gasteiger partial charge in [-0.1, -0.05) is 35.0 Å². The third-order valence-corrected chi connectivity index (χ3v) is 7.34. The molecule has 0 bridgehead atoms. The number of aromatic nitrogens is 4. The van der Waals surface area contributed by atoms with Crippen molar-refractivity contribution < 1.29 is 8.42 Å². The standard InChI is InChI=1S/C21H26ClN7O2S/c1-16(2)32(30,31)25-20-9-8-19(22)21(23-20)28-12-10-27(11-13-28)14-17-15-29(26-24-17)18-6-4-3-5-7-18/h3-9,15-16H,10-14H2,1-2H3,(H,23,25). The average Bonchev–Trinajstić information content (AvgIpc) is 3.24. The van der Waals surface area contributed by atoms with Gasteiger partial charge in [0, 0.05) is 32.7 Å². The zero-order chi connectivity index (χ0) is 22.7. The van der Waals surface area contributed by atoms with E-state index < -0.39 is 15.3 Å². The molecule has 0 radical (unpaired) electrons. The normalized spacial score (nSPS) is 15.3. The van der Waals surface area contributed by atoms with Crippen molar-refractivity contribution in [2.45, 2.75) is 25.6 Å². The van der Waals surface area contributed by atoms with Gasteiger partial charge < -0.3 is 4.90 Å². The van der Waals surface area contributed by atoms with Crippen LogP contribution in [0.1, 0.15) is 19.5 Å². The highest BCUT2D eigenvalue weighted by Gasteiger charge is 2.22. The Morgan fingerprint density at radius 2 is 1.78 bits per heavy atom. The van der Waals surface area contributed by atoms with Gasteiger partial charge in [0.1, 0.15) is 11.6 Å². The molecule has 32 heavy (non-hydrogen) atoms. The monoisotopic (exact) mass is 475 g/mol. The molecule has 4 rings (SSSR count). The molecule has 1 N–H and O–H groups in total. The first-order chi connectivity index (χ1) is 15.3. The molecule has 0 amide bonds. The molecule has 0 spiro atoms. The molecule has 3 heterocycles. The Balaban J connectivity index is 1.38. The van der Waals surface area contributed by atoms with Crippen molar-refractivity contribution in [3.8, 4) is 5.69 Å². The smallest absolute Gasteiger partial charge is 0.236 e. The summed E-state index contributed by atoms with van der Waals surface area (Å²) in [5.74, 6) is 0.864. The predicted octanol–water partition coefficient (Wildman–Crippen LogP) is 2.79. The van der Waals surface area contributed by atoms with Crippen molar-refractivity contribution in [1.29, 1.82) is 0 Å².